The fourth-order valence-electron chi connectivity index (χ4n) is 2.88. The van der Waals surface area contributed by atoms with E-state index in [2.05, 4.69) is 27.4 Å². The number of hydrogen-bond acceptors (Lipinski definition) is 5. The van der Waals surface area contributed by atoms with Gasteiger partial charge in [0.2, 0.25) is 5.82 Å². The summed E-state index contributed by atoms with van der Waals surface area (Å²) < 4.78 is 21.2. The molecule has 0 bridgehead atoms. The molecule has 0 radical (unpaired) electrons. The first-order valence-corrected chi connectivity index (χ1v) is 8.87. The van der Waals surface area contributed by atoms with Crippen LogP contribution in [0.15, 0.2) is 59.1 Å². The molecule has 27 heavy (non-hydrogen) atoms. The Morgan fingerprint density at radius 3 is 2.59 bits per heavy atom. The molecule has 0 N–H and O–H groups in total. The highest BCUT2D eigenvalue weighted by Crippen LogP contribution is 2.26. The number of unbranched alkanes of at least 4 members (excludes halogenated alkanes) is 1. The standard InChI is InChI=1S/C20H18FN5O/c1-2-3-12-17-18(23-25-26(17)16-13-8-7-11-15(16)21)20-22-19(24-27-20)14-9-5-4-6-10-14/h4-11,13H,2-3,12H2,1H3. The average molecular weight is 363 g/mol. The molecule has 4 aromatic rings. The van der Waals surface area contributed by atoms with Gasteiger partial charge >= 0.3 is 0 Å². The van der Waals surface area contributed by atoms with Gasteiger partial charge in [0.05, 0.1) is 5.69 Å². The summed E-state index contributed by atoms with van der Waals surface area (Å²) in [6.07, 6.45) is 2.58. The van der Waals surface area contributed by atoms with Crippen molar-refractivity contribution >= 4 is 0 Å². The van der Waals surface area contributed by atoms with Crippen LogP contribution >= 0.6 is 0 Å². The smallest absolute Gasteiger partial charge is 0.280 e. The van der Waals surface area contributed by atoms with Gasteiger partial charge in [-0.2, -0.15) is 4.98 Å². The van der Waals surface area contributed by atoms with Crippen LogP contribution in [0.4, 0.5) is 4.39 Å². The van der Waals surface area contributed by atoms with Crippen LogP contribution < -0.4 is 0 Å². The molecule has 136 valence electrons. The van der Waals surface area contributed by atoms with Crippen molar-refractivity contribution in [2.45, 2.75) is 26.2 Å². The molecule has 0 fully saturated rings. The lowest BCUT2D eigenvalue weighted by Gasteiger charge is -2.07. The van der Waals surface area contributed by atoms with Crippen LogP contribution in [-0.2, 0) is 6.42 Å². The molecule has 0 aliphatic heterocycles. The molecular weight excluding hydrogens is 345 g/mol. The van der Waals surface area contributed by atoms with Crippen LogP contribution in [0.3, 0.4) is 0 Å². The number of halogens is 1. The van der Waals surface area contributed by atoms with Crippen molar-refractivity contribution < 1.29 is 8.91 Å². The average Bonchev–Trinajstić information content (AvgIpc) is 3.34. The van der Waals surface area contributed by atoms with E-state index in [0.717, 1.165) is 24.1 Å². The largest absolute Gasteiger partial charge is 0.332 e. The van der Waals surface area contributed by atoms with Gasteiger partial charge in [0.15, 0.2) is 5.69 Å². The van der Waals surface area contributed by atoms with Crippen molar-refractivity contribution in [2.75, 3.05) is 0 Å². The molecule has 4 rings (SSSR count). The number of aromatic nitrogens is 5. The van der Waals surface area contributed by atoms with Crippen LogP contribution in [0.2, 0.25) is 0 Å². The zero-order valence-electron chi connectivity index (χ0n) is 14.8. The number of para-hydroxylation sites is 1. The van der Waals surface area contributed by atoms with E-state index in [9.17, 15) is 4.39 Å². The van der Waals surface area contributed by atoms with Crippen molar-refractivity contribution in [3.8, 4) is 28.7 Å². The van der Waals surface area contributed by atoms with Gasteiger partial charge in [-0.15, -0.1) is 5.10 Å². The van der Waals surface area contributed by atoms with Gasteiger partial charge in [0, 0.05) is 5.56 Å². The predicted molar refractivity (Wildman–Crippen MR) is 98.7 cm³/mol. The number of benzene rings is 2. The monoisotopic (exact) mass is 363 g/mol. The summed E-state index contributed by atoms with van der Waals surface area (Å²) in [6.45, 7) is 2.09. The molecule has 6 nitrogen and oxygen atoms in total. The second-order valence-electron chi connectivity index (χ2n) is 6.14. The van der Waals surface area contributed by atoms with Gasteiger partial charge in [0.1, 0.15) is 11.5 Å². The summed E-state index contributed by atoms with van der Waals surface area (Å²) in [7, 11) is 0. The molecule has 0 aliphatic rings. The van der Waals surface area contributed by atoms with Gasteiger partial charge < -0.3 is 4.52 Å². The van der Waals surface area contributed by atoms with Gasteiger partial charge in [-0.1, -0.05) is 66.2 Å². The van der Waals surface area contributed by atoms with Crippen LogP contribution in [0, 0.1) is 5.82 Å². The predicted octanol–water partition coefficient (Wildman–Crippen LogP) is 4.47. The molecule has 2 aromatic heterocycles. The van der Waals surface area contributed by atoms with Crippen LogP contribution in [-0.4, -0.2) is 25.1 Å². The molecule has 0 saturated carbocycles. The minimum Gasteiger partial charge on any atom is -0.332 e. The highest BCUT2D eigenvalue weighted by molar-refractivity contribution is 5.59. The normalized spacial score (nSPS) is 11.0. The Morgan fingerprint density at radius 2 is 1.81 bits per heavy atom. The Morgan fingerprint density at radius 1 is 1.04 bits per heavy atom. The molecule has 2 heterocycles. The maximum absolute atomic E-state index is 14.3. The number of hydrogen-bond donors (Lipinski definition) is 0. The summed E-state index contributed by atoms with van der Waals surface area (Å²) in [5.41, 5.74) is 2.45. The van der Waals surface area contributed by atoms with E-state index in [0.29, 0.717) is 23.6 Å². The third-order valence-electron chi connectivity index (χ3n) is 4.27. The van der Waals surface area contributed by atoms with Crippen LogP contribution in [0.1, 0.15) is 25.5 Å². The third kappa shape index (κ3) is 3.36. The summed E-state index contributed by atoms with van der Waals surface area (Å²) in [5.74, 6) is 0.400. The SMILES string of the molecule is CCCCc1c(-c2nc(-c3ccccc3)no2)nnn1-c1ccccc1F. The Balaban J connectivity index is 1.77. The zero-order chi connectivity index (χ0) is 18.6. The Bertz CT molecular complexity index is 1040. The Labute approximate surface area is 155 Å². The molecule has 0 aliphatic carbocycles. The Kier molecular flexibility index (Phi) is 4.74. The first-order chi connectivity index (χ1) is 13.3. The van der Waals surface area contributed by atoms with Crippen molar-refractivity contribution in [1.29, 1.82) is 0 Å². The topological polar surface area (TPSA) is 69.6 Å². The highest BCUT2D eigenvalue weighted by atomic mass is 19.1. The molecule has 0 amide bonds. The van der Waals surface area contributed by atoms with Crippen LogP contribution in [0.5, 0.6) is 0 Å². The van der Waals surface area contributed by atoms with Gasteiger partial charge in [-0.25, -0.2) is 9.07 Å². The maximum atomic E-state index is 14.3. The van der Waals surface area contributed by atoms with E-state index in [1.807, 2.05) is 30.3 Å². The van der Waals surface area contributed by atoms with E-state index in [1.165, 1.54) is 10.7 Å². The van der Waals surface area contributed by atoms with Crippen molar-refractivity contribution in [1.82, 2.24) is 25.1 Å². The van der Waals surface area contributed by atoms with E-state index in [4.69, 9.17) is 4.52 Å². The fourth-order valence-corrected chi connectivity index (χ4v) is 2.88. The minimum atomic E-state index is -0.359. The first kappa shape index (κ1) is 17.1. The summed E-state index contributed by atoms with van der Waals surface area (Å²) in [5, 5.41) is 12.4. The fraction of sp³-hybridized carbons (Fsp3) is 0.200. The summed E-state index contributed by atoms with van der Waals surface area (Å²) in [4.78, 5) is 4.46. The molecule has 0 spiro atoms. The van der Waals surface area contributed by atoms with Gasteiger partial charge in [0.25, 0.3) is 5.89 Å². The summed E-state index contributed by atoms with van der Waals surface area (Å²) in [6, 6.07) is 16.0. The second-order valence-corrected chi connectivity index (χ2v) is 6.14. The third-order valence-corrected chi connectivity index (χ3v) is 4.27. The molecular formula is C20H18FN5O. The van der Waals surface area contributed by atoms with Crippen LogP contribution in [0.25, 0.3) is 28.7 Å². The van der Waals surface area contributed by atoms with Crippen molar-refractivity contribution in [3.63, 3.8) is 0 Å². The molecule has 7 heteroatoms. The first-order valence-electron chi connectivity index (χ1n) is 8.87. The van der Waals surface area contributed by atoms with Gasteiger partial charge in [-0.3, -0.25) is 0 Å². The molecule has 0 atom stereocenters. The van der Waals surface area contributed by atoms with E-state index in [1.54, 1.807) is 18.2 Å². The molecule has 0 unspecified atom stereocenters. The van der Waals surface area contributed by atoms with Crippen molar-refractivity contribution in [2.24, 2.45) is 0 Å². The quantitative estimate of drug-likeness (QED) is 0.506. The van der Waals surface area contributed by atoms with E-state index < -0.39 is 0 Å². The van der Waals surface area contributed by atoms with E-state index in [-0.39, 0.29) is 11.7 Å². The molecule has 0 saturated heterocycles. The maximum Gasteiger partial charge on any atom is 0.280 e. The lowest BCUT2D eigenvalue weighted by atomic mass is 10.1. The summed E-state index contributed by atoms with van der Waals surface area (Å²) >= 11 is 0. The highest BCUT2D eigenvalue weighted by Gasteiger charge is 2.22. The number of rotatable bonds is 6. The lowest BCUT2D eigenvalue weighted by Crippen LogP contribution is -2.05. The van der Waals surface area contributed by atoms with E-state index >= 15 is 0 Å². The number of nitrogens with zero attached hydrogens (tertiary/aromatic N) is 5. The lowest BCUT2D eigenvalue weighted by molar-refractivity contribution is 0.430. The van der Waals surface area contributed by atoms with Gasteiger partial charge in [-0.05, 0) is 25.0 Å². The minimum absolute atomic E-state index is 0.280. The van der Waals surface area contributed by atoms with Crippen molar-refractivity contribution in [3.05, 3.63) is 66.1 Å². The Hall–Kier alpha value is -3.35. The molecule has 2 aromatic carbocycles. The second kappa shape index (κ2) is 7.49. The zero-order valence-corrected chi connectivity index (χ0v) is 14.8.